The Morgan fingerprint density at radius 2 is 1.95 bits per heavy atom. The molecule has 0 spiro atoms. The van der Waals surface area contributed by atoms with E-state index in [9.17, 15) is 0 Å². The van der Waals surface area contributed by atoms with Gasteiger partial charge in [0, 0.05) is 17.1 Å². The van der Waals surface area contributed by atoms with Gasteiger partial charge in [-0.05, 0) is 18.4 Å². The molecule has 0 saturated heterocycles. The average molecular weight is 269 g/mol. The first kappa shape index (κ1) is 11.9. The molecule has 3 aromatic rings. The van der Waals surface area contributed by atoms with Gasteiger partial charge in [-0.2, -0.15) is 9.97 Å². The smallest absolute Gasteiger partial charge is 0.224 e. The van der Waals surface area contributed by atoms with Crippen molar-refractivity contribution >= 4 is 28.6 Å². The third-order valence-corrected chi connectivity index (χ3v) is 3.25. The lowest BCUT2D eigenvalue weighted by atomic mass is 10.1. The minimum atomic E-state index is 0.232. The summed E-state index contributed by atoms with van der Waals surface area (Å²) in [6.07, 6.45) is 3.67. The molecule has 0 aliphatic carbocycles. The predicted octanol–water partition coefficient (Wildman–Crippen LogP) is 2.39. The highest BCUT2D eigenvalue weighted by Crippen LogP contribution is 2.26. The van der Waals surface area contributed by atoms with Crippen LogP contribution in [-0.4, -0.2) is 26.2 Å². The number of hydrogen-bond acceptors (Lipinski definition) is 6. The number of nitrogen functional groups attached to an aromatic ring is 1. The van der Waals surface area contributed by atoms with Gasteiger partial charge in [-0.1, -0.05) is 30.0 Å². The number of hydrogen-bond donors (Lipinski definition) is 1. The lowest BCUT2D eigenvalue weighted by Gasteiger charge is -2.06. The van der Waals surface area contributed by atoms with Crippen molar-refractivity contribution in [3.63, 3.8) is 0 Å². The lowest BCUT2D eigenvalue weighted by Crippen LogP contribution is -2.01. The Kier molecular flexibility index (Phi) is 3.00. The summed E-state index contributed by atoms with van der Waals surface area (Å²) in [7, 11) is 0. The van der Waals surface area contributed by atoms with Crippen molar-refractivity contribution in [3.8, 4) is 11.4 Å². The van der Waals surface area contributed by atoms with Crippen LogP contribution in [-0.2, 0) is 0 Å². The highest BCUT2D eigenvalue weighted by atomic mass is 32.2. The molecule has 0 saturated carbocycles. The van der Waals surface area contributed by atoms with E-state index in [1.807, 2.05) is 36.6 Å². The number of nitrogens with zero attached hydrogens (tertiary/aromatic N) is 4. The largest absolute Gasteiger partial charge is 0.368 e. The van der Waals surface area contributed by atoms with Crippen molar-refractivity contribution in [1.29, 1.82) is 0 Å². The number of thioether (sulfide) groups is 1. The molecule has 0 unspecified atom stereocenters. The van der Waals surface area contributed by atoms with E-state index in [-0.39, 0.29) is 5.95 Å². The normalized spacial score (nSPS) is 10.8. The van der Waals surface area contributed by atoms with Gasteiger partial charge in [0.25, 0.3) is 0 Å². The minimum Gasteiger partial charge on any atom is -0.368 e. The van der Waals surface area contributed by atoms with Crippen LogP contribution in [0, 0.1) is 0 Å². The molecule has 3 rings (SSSR count). The van der Waals surface area contributed by atoms with Gasteiger partial charge < -0.3 is 5.73 Å². The maximum absolute atomic E-state index is 5.73. The minimum absolute atomic E-state index is 0.232. The van der Waals surface area contributed by atoms with Gasteiger partial charge in [-0.25, -0.2) is 4.98 Å². The van der Waals surface area contributed by atoms with Crippen LogP contribution in [0.25, 0.3) is 22.3 Å². The molecule has 0 atom stereocenters. The van der Waals surface area contributed by atoms with E-state index in [1.165, 1.54) is 11.8 Å². The summed E-state index contributed by atoms with van der Waals surface area (Å²) < 4.78 is 0. The summed E-state index contributed by atoms with van der Waals surface area (Å²) in [4.78, 5) is 17.0. The van der Waals surface area contributed by atoms with E-state index in [4.69, 9.17) is 5.73 Å². The number of benzene rings is 1. The van der Waals surface area contributed by atoms with Gasteiger partial charge in [0.1, 0.15) is 0 Å². The van der Waals surface area contributed by atoms with Crippen LogP contribution in [0.15, 0.2) is 41.7 Å². The molecular weight excluding hydrogens is 258 g/mol. The number of fused-ring (bicyclic) bond motifs is 1. The molecule has 2 heterocycles. The Balaban J connectivity index is 2.27. The Morgan fingerprint density at radius 1 is 1.05 bits per heavy atom. The molecule has 94 valence electrons. The Labute approximate surface area is 114 Å². The van der Waals surface area contributed by atoms with E-state index in [0.29, 0.717) is 11.0 Å². The maximum atomic E-state index is 5.73. The summed E-state index contributed by atoms with van der Waals surface area (Å²) in [5.41, 5.74) is 7.54. The van der Waals surface area contributed by atoms with Crippen LogP contribution < -0.4 is 5.73 Å². The molecule has 0 aliphatic rings. The Bertz CT molecular complexity index is 739. The van der Waals surface area contributed by atoms with Crippen LogP contribution in [0.1, 0.15) is 0 Å². The van der Waals surface area contributed by atoms with Crippen molar-refractivity contribution in [2.24, 2.45) is 0 Å². The zero-order valence-corrected chi connectivity index (χ0v) is 11.1. The fraction of sp³-hybridized carbons (Fsp3) is 0.0769. The number of rotatable bonds is 2. The fourth-order valence-corrected chi connectivity index (χ4v) is 2.24. The Hall–Kier alpha value is -2.21. The zero-order valence-electron chi connectivity index (χ0n) is 10.2. The van der Waals surface area contributed by atoms with Crippen molar-refractivity contribution < 1.29 is 0 Å². The summed E-state index contributed by atoms with van der Waals surface area (Å²) in [5.74, 6) is 0.811. The van der Waals surface area contributed by atoms with Gasteiger partial charge in [0.2, 0.25) is 5.95 Å². The summed E-state index contributed by atoms with van der Waals surface area (Å²) in [5, 5.41) is 1.62. The van der Waals surface area contributed by atoms with Crippen LogP contribution in [0.5, 0.6) is 0 Å². The SMILES string of the molecule is CSc1nc(N)nc(-c2cccc3ncccc23)n1. The van der Waals surface area contributed by atoms with Crippen molar-refractivity contribution in [2.75, 3.05) is 12.0 Å². The summed E-state index contributed by atoms with van der Waals surface area (Å²) in [6.45, 7) is 0. The standard InChI is InChI=1S/C13H11N5S/c1-19-13-17-11(16-12(14)18-13)9-4-2-6-10-8(9)5-3-7-15-10/h2-7H,1H3,(H2,14,16,17,18). The maximum Gasteiger partial charge on any atom is 0.224 e. The number of pyridine rings is 1. The summed E-state index contributed by atoms with van der Waals surface area (Å²) in [6, 6.07) is 9.74. The second-order valence-electron chi connectivity index (χ2n) is 3.88. The van der Waals surface area contributed by atoms with E-state index in [0.717, 1.165) is 16.5 Å². The second-order valence-corrected chi connectivity index (χ2v) is 4.65. The third kappa shape index (κ3) is 2.22. The van der Waals surface area contributed by atoms with Crippen molar-refractivity contribution in [1.82, 2.24) is 19.9 Å². The molecular formula is C13H11N5S. The van der Waals surface area contributed by atoms with Crippen molar-refractivity contribution in [2.45, 2.75) is 5.16 Å². The molecule has 0 fully saturated rings. The Morgan fingerprint density at radius 3 is 2.79 bits per heavy atom. The highest BCUT2D eigenvalue weighted by Gasteiger charge is 2.09. The van der Waals surface area contributed by atoms with Crippen LogP contribution >= 0.6 is 11.8 Å². The van der Waals surface area contributed by atoms with Gasteiger partial charge in [-0.3, -0.25) is 4.98 Å². The lowest BCUT2D eigenvalue weighted by molar-refractivity contribution is 0.928. The van der Waals surface area contributed by atoms with Crippen LogP contribution in [0.4, 0.5) is 5.95 Å². The molecule has 2 aromatic heterocycles. The van der Waals surface area contributed by atoms with Gasteiger partial charge in [0.05, 0.1) is 5.52 Å². The van der Waals surface area contributed by atoms with E-state index in [2.05, 4.69) is 19.9 Å². The molecule has 6 heteroatoms. The van der Waals surface area contributed by atoms with E-state index < -0.39 is 0 Å². The van der Waals surface area contributed by atoms with Gasteiger partial charge in [-0.15, -0.1) is 0 Å². The molecule has 0 amide bonds. The first-order valence-electron chi connectivity index (χ1n) is 5.67. The summed E-state index contributed by atoms with van der Waals surface area (Å²) >= 11 is 1.44. The number of aromatic nitrogens is 4. The monoisotopic (exact) mass is 269 g/mol. The number of anilines is 1. The fourth-order valence-electron chi connectivity index (χ4n) is 1.88. The van der Waals surface area contributed by atoms with Gasteiger partial charge >= 0.3 is 0 Å². The van der Waals surface area contributed by atoms with Crippen molar-refractivity contribution in [3.05, 3.63) is 36.5 Å². The predicted molar refractivity (Wildman–Crippen MR) is 76.8 cm³/mol. The quantitative estimate of drug-likeness (QED) is 0.720. The first-order valence-corrected chi connectivity index (χ1v) is 6.90. The molecule has 0 aliphatic heterocycles. The third-order valence-electron chi connectivity index (χ3n) is 2.70. The number of nitrogens with two attached hydrogens (primary N) is 1. The van der Waals surface area contributed by atoms with Gasteiger partial charge in [0.15, 0.2) is 11.0 Å². The first-order chi connectivity index (χ1) is 9.28. The zero-order chi connectivity index (χ0) is 13.2. The average Bonchev–Trinajstić information content (AvgIpc) is 2.46. The molecule has 19 heavy (non-hydrogen) atoms. The highest BCUT2D eigenvalue weighted by molar-refractivity contribution is 7.98. The van der Waals surface area contributed by atoms with E-state index in [1.54, 1.807) is 6.20 Å². The second kappa shape index (κ2) is 4.81. The van der Waals surface area contributed by atoms with Crippen LogP contribution in [0.3, 0.4) is 0 Å². The van der Waals surface area contributed by atoms with E-state index >= 15 is 0 Å². The molecule has 0 bridgehead atoms. The molecule has 0 radical (unpaired) electrons. The molecule has 2 N–H and O–H groups in total. The molecule has 1 aromatic carbocycles. The topological polar surface area (TPSA) is 77.6 Å². The molecule has 5 nitrogen and oxygen atoms in total. The van der Waals surface area contributed by atoms with Crippen LogP contribution in [0.2, 0.25) is 0 Å².